The van der Waals surface area contributed by atoms with Gasteiger partial charge in [0.2, 0.25) is 0 Å². The van der Waals surface area contributed by atoms with E-state index < -0.39 is 4.92 Å². The van der Waals surface area contributed by atoms with E-state index in [0.29, 0.717) is 18.7 Å². The lowest BCUT2D eigenvalue weighted by molar-refractivity contribution is -0.384. The van der Waals surface area contributed by atoms with Crippen molar-refractivity contribution in [2.75, 3.05) is 6.26 Å². The zero-order valence-corrected chi connectivity index (χ0v) is 19.9. The van der Waals surface area contributed by atoms with Gasteiger partial charge in [0.05, 0.1) is 21.8 Å². The third-order valence-corrected chi connectivity index (χ3v) is 6.24. The highest BCUT2D eigenvalue weighted by Crippen LogP contribution is 2.41. The molecular formula is C26H26N2O4S. The number of aromatic nitrogens is 1. The van der Waals surface area contributed by atoms with Crippen LogP contribution in [0.25, 0.3) is 21.8 Å². The van der Waals surface area contributed by atoms with Crippen molar-refractivity contribution >= 4 is 45.2 Å². The van der Waals surface area contributed by atoms with Crippen LogP contribution in [0.15, 0.2) is 65.6 Å². The molecule has 0 atom stereocenters. The molecule has 1 aromatic heterocycles. The maximum absolute atomic E-state index is 12.6. The average molecular weight is 463 g/mol. The number of carbonyl (C=O) groups excluding carboxylic acids is 1. The minimum Gasteiger partial charge on any atom is -0.425 e. The molecule has 1 heterocycles. The molecule has 0 radical (unpaired) electrons. The molecule has 0 aliphatic rings. The SMILES string of the molecule is CSc1c(OC(=O)CC(C)(C)C)ccc2c3ccccc3n(Cc3ccc([N+](=O)[O-])cc3)c12. The van der Waals surface area contributed by atoms with E-state index in [1.54, 1.807) is 23.9 Å². The third-order valence-electron chi connectivity index (χ3n) is 5.44. The fraction of sp³-hybridized carbons (Fsp3) is 0.269. The fourth-order valence-corrected chi connectivity index (χ4v) is 4.76. The summed E-state index contributed by atoms with van der Waals surface area (Å²) in [6.45, 7) is 6.56. The van der Waals surface area contributed by atoms with Crippen LogP contribution in [0.1, 0.15) is 32.8 Å². The van der Waals surface area contributed by atoms with Crippen LogP contribution < -0.4 is 4.74 Å². The predicted octanol–water partition coefficient (Wildman–Crippen LogP) is 6.81. The molecule has 0 fully saturated rings. The Morgan fingerprint density at radius 2 is 1.73 bits per heavy atom. The number of para-hydroxylation sites is 1. The molecule has 170 valence electrons. The number of benzene rings is 3. The number of thioether (sulfide) groups is 1. The Balaban J connectivity index is 1.85. The first kappa shape index (κ1) is 22.9. The molecule has 0 unspecified atom stereocenters. The summed E-state index contributed by atoms with van der Waals surface area (Å²) < 4.78 is 8.01. The summed E-state index contributed by atoms with van der Waals surface area (Å²) in [6, 6.07) is 18.6. The molecule has 0 amide bonds. The number of nitro groups is 1. The smallest absolute Gasteiger partial charge is 0.311 e. The van der Waals surface area contributed by atoms with Crippen molar-refractivity contribution in [2.24, 2.45) is 5.41 Å². The Morgan fingerprint density at radius 1 is 1.03 bits per heavy atom. The quantitative estimate of drug-likeness (QED) is 0.103. The largest absolute Gasteiger partial charge is 0.425 e. The van der Waals surface area contributed by atoms with Crippen molar-refractivity contribution in [2.45, 2.75) is 38.6 Å². The Bertz CT molecular complexity index is 1350. The zero-order chi connectivity index (χ0) is 23.8. The second-order valence-electron chi connectivity index (χ2n) is 9.23. The van der Waals surface area contributed by atoms with Crippen LogP contribution in [0.5, 0.6) is 5.75 Å². The number of hydrogen-bond acceptors (Lipinski definition) is 5. The van der Waals surface area contributed by atoms with Crippen molar-refractivity contribution in [1.29, 1.82) is 0 Å². The van der Waals surface area contributed by atoms with Crippen molar-refractivity contribution in [3.8, 4) is 5.75 Å². The summed E-state index contributed by atoms with van der Waals surface area (Å²) in [6.07, 6.45) is 2.30. The van der Waals surface area contributed by atoms with Gasteiger partial charge in [0.15, 0.2) is 0 Å². The molecule has 7 heteroatoms. The first-order valence-electron chi connectivity index (χ1n) is 10.7. The van der Waals surface area contributed by atoms with Crippen LogP contribution >= 0.6 is 11.8 Å². The molecule has 0 saturated carbocycles. The van der Waals surface area contributed by atoms with Crippen molar-refractivity contribution in [3.63, 3.8) is 0 Å². The molecular weight excluding hydrogens is 436 g/mol. The lowest BCUT2D eigenvalue weighted by atomic mass is 9.92. The van der Waals surface area contributed by atoms with Crippen LogP contribution in [-0.2, 0) is 11.3 Å². The molecule has 0 aliphatic carbocycles. The lowest BCUT2D eigenvalue weighted by Crippen LogP contribution is -2.18. The molecule has 0 aliphatic heterocycles. The van der Waals surface area contributed by atoms with E-state index in [9.17, 15) is 14.9 Å². The van der Waals surface area contributed by atoms with E-state index in [0.717, 1.165) is 32.3 Å². The number of esters is 1. The van der Waals surface area contributed by atoms with Gasteiger partial charge in [0.25, 0.3) is 5.69 Å². The molecule has 0 bridgehead atoms. The summed E-state index contributed by atoms with van der Waals surface area (Å²) >= 11 is 1.54. The van der Waals surface area contributed by atoms with Gasteiger partial charge in [-0.2, -0.15) is 0 Å². The number of ether oxygens (including phenoxy) is 1. The van der Waals surface area contributed by atoms with E-state index >= 15 is 0 Å². The van der Waals surface area contributed by atoms with Gasteiger partial charge in [-0.1, -0.05) is 51.1 Å². The number of non-ortho nitro benzene ring substituents is 1. The van der Waals surface area contributed by atoms with Crippen LogP contribution in [0.4, 0.5) is 5.69 Å². The number of hydrogen-bond donors (Lipinski definition) is 0. The molecule has 4 rings (SSSR count). The summed E-state index contributed by atoms with van der Waals surface area (Å²) in [5.41, 5.74) is 2.90. The van der Waals surface area contributed by atoms with Gasteiger partial charge < -0.3 is 9.30 Å². The Hall–Kier alpha value is -3.32. The maximum Gasteiger partial charge on any atom is 0.311 e. The fourth-order valence-electron chi connectivity index (χ4n) is 4.03. The van der Waals surface area contributed by atoms with E-state index in [-0.39, 0.29) is 17.1 Å². The second kappa shape index (κ2) is 8.90. The minimum atomic E-state index is -0.395. The van der Waals surface area contributed by atoms with Gasteiger partial charge in [0.1, 0.15) is 5.75 Å². The van der Waals surface area contributed by atoms with E-state index in [1.807, 2.05) is 51.3 Å². The number of fused-ring (bicyclic) bond motifs is 3. The van der Waals surface area contributed by atoms with Crippen molar-refractivity contribution < 1.29 is 14.5 Å². The summed E-state index contributed by atoms with van der Waals surface area (Å²) in [5.74, 6) is 0.298. The summed E-state index contributed by atoms with van der Waals surface area (Å²) in [4.78, 5) is 24.1. The maximum atomic E-state index is 12.6. The number of carbonyl (C=O) groups is 1. The normalized spacial score (nSPS) is 11.8. The van der Waals surface area contributed by atoms with Crippen LogP contribution in [0.2, 0.25) is 0 Å². The van der Waals surface area contributed by atoms with Gasteiger partial charge in [-0.3, -0.25) is 14.9 Å². The van der Waals surface area contributed by atoms with Crippen molar-refractivity contribution in [1.82, 2.24) is 4.57 Å². The van der Waals surface area contributed by atoms with Gasteiger partial charge >= 0.3 is 5.97 Å². The highest BCUT2D eigenvalue weighted by Gasteiger charge is 2.22. The van der Waals surface area contributed by atoms with Gasteiger partial charge in [-0.25, -0.2) is 0 Å². The second-order valence-corrected chi connectivity index (χ2v) is 10.0. The predicted molar refractivity (Wildman–Crippen MR) is 133 cm³/mol. The van der Waals surface area contributed by atoms with Crippen LogP contribution in [-0.4, -0.2) is 21.7 Å². The first-order valence-corrected chi connectivity index (χ1v) is 11.9. The highest BCUT2D eigenvalue weighted by atomic mass is 32.2. The Morgan fingerprint density at radius 3 is 2.36 bits per heavy atom. The molecule has 0 N–H and O–H groups in total. The number of rotatable bonds is 6. The molecule has 4 aromatic rings. The average Bonchev–Trinajstić information content (AvgIpc) is 3.06. The van der Waals surface area contributed by atoms with E-state index in [4.69, 9.17) is 4.74 Å². The number of nitro benzene ring substituents is 1. The number of nitrogens with zero attached hydrogens (tertiary/aromatic N) is 2. The van der Waals surface area contributed by atoms with Gasteiger partial charge in [-0.15, -0.1) is 11.8 Å². The Labute approximate surface area is 196 Å². The third kappa shape index (κ3) is 4.73. The van der Waals surface area contributed by atoms with E-state index in [1.165, 1.54) is 12.1 Å². The monoisotopic (exact) mass is 462 g/mol. The molecule has 0 spiro atoms. The van der Waals surface area contributed by atoms with Crippen molar-refractivity contribution in [3.05, 3.63) is 76.3 Å². The van der Waals surface area contributed by atoms with E-state index in [2.05, 4.69) is 16.7 Å². The lowest BCUT2D eigenvalue weighted by Gasteiger charge is -2.18. The molecule has 3 aromatic carbocycles. The topological polar surface area (TPSA) is 74.4 Å². The zero-order valence-electron chi connectivity index (χ0n) is 19.1. The minimum absolute atomic E-state index is 0.0684. The summed E-state index contributed by atoms with van der Waals surface area (Å²) in [7, 11) is 0. The Kier molecular flexibility index (Phi) is 6.17. The van der Waals surface area contributed by atoms with Gasteiger partial charge in [0, 0.05) is 35.0 Å². The van der Waals surface area contributed by atoms with Crippen LogP contribution in [0, 0.1) is 15.5 Å². The van der Waals surface area contributed by atoms with Gasteiger partial charge in [-0.05, 0) is 35.4 Å². The highest BCUT2D eigenvalue weighted by molar-refractivity contribution is 7.99. The van der Waals surface area contributed by atoms with Crippen LogP contribution in [0.3, 0.4) is 0 Å². The molecule has 33 heavy (non-hydrogen) atoms. The molecule has 6 nitrogen and oxygen atoms in total. The molecule has 0 saturated heterocycles. The summed E-state index contributed by atoms with van der Waals surface area (Å²) in [5, 5.41) is 13.2. The standard InChI is InChI=1S/C26H26N2O4S/c1-26(2,3)15-23(29)32-22-14-13-20-19-7-5-6-8-21(19)27(24(20)25(22)33-4)16-17-9-11-18(12-10-17)28(30)31/h5-14H,15-16H2,1-4H3. The first-order chi connectivity index (χ1) is 15.7.